The molecule has 0 bridgehead atoms. The summed E-state index contributed by atoms with van der Waals surface area (Å²) in [7, 11) is 0. The highest BCUT2D eigenvalue weighted by atomic mass is 16.4. The molecular weight excluding hydrogens is 184 g/mol. The molecule has 0 spiro atoms. The lowest BCUT2D eigenvalue weighted by Crippen LogP contribution is -1.97. The molecule has 0 aliphatic carbocycles. The van der Waals surface area contributed by atoms with Crippen LogP contribution in [0.4, 0.5) is 5.69 Å². The van der Waals surface area contributed by atoms with E-state index in [1.165, 1.54) is 6.07 Å². The molecule has 2 aromatic rings. The summed E-state index contributed by atoms with van der Waals surface area (Å²) in [5.74, 6) is -0.376. The third kappa shape index (κ3) is 1.02. The zero-order valence-corrected chi connectivity index (χ0v) is 6.97. The predicted octanol–water partition coefficient (Wildman–Crippen LogP) is 1.98. The summed E-state index contributed by atoms with van der Waals surface area (Å²) in [5, 5.41) is 18.3. The van der Waals surface area contributed by atoms with Gasteiger partial charge in [0.25, 0.3) is 0 Å². The number of aromatic hydroxyl groups is 1. The van der Waals surface area contributed by atoms with E-state index < -0.39 is 11.3 Å². The van der Waals surface area contributed by atoms with Crippen LogP contribution in [0.25, 0.3) is 15.9 Å². The highest BCUT2D eigenvalue weighted by molar-refractivity contribution is 5.87. The van der Waals surface area contributed by atoms with Gasteiger partial charge >= 0.3 is 11.3 Å². The molecule has 0 atom stereocenters. The van der Waals surface area contributed by atoms with E-state index in [1.54, 1.807) is 18.2 Å². The molecule has 0 saturated heterocycles. The van der Waals surface area contributed by atoms with Crippen LogP contribution in [-0.4, -0.2) is 5.11 Å². The SMILES string of the molecule is N#[N+]c1c(O)c2ccccc2oc1=O. The van der Waals surface area contributed by atoms with Crippen LogP contribution < -0.4 is 5.63 Å². The van der Waals surface area contributed by atoms with Crippen molar-refractivity contribution in [3.05, 3.63) is 39.7 Å². The van der Waals surface area contributed by atoms with Crippen LogP contribution in [0, 0.1) is 5.39 Å². The Bertz CT molecular complexity index is 595. The van der Waals surface area contributed by atoms with Gasteiger partial charge in [-0.15, -0.1) is 0 Å². The van der Waals surface area contributed by atoms with E-state index in [0.717, 1.165) is 0 Å². The fraction of sp³-hybridized carbons (Fsp3) is 0. The van der Waals surface area contributed by atoms with Crippen LogP contribution in [0.3, 0.4) is 0 Å². The zero-order valence-electron chi connectivity index (χ0n) is 6.97. The summed E-state index contributed by atoms with van der Waals surface area (Å²) >= 11 is 0. The van der Waals surface area contributed by atoms with E-state index in [2.05, 4.69) is 4.98 Å². The summed E-state index contributed by atoms with van der Waals surface area (Å²) in [5.41, 5.74) is -1.10. The minimum Gasteiger partial charge on any atom is -0.501 e. The van der Waals surface area contributed by atoms with E-state index in [-0.39, 0.29) is 11.3 Å². The van der Waals surface area contributed by atoms with Gasteiger partial charge in [0.1, 0.15) is 5.58 Å². The topological polar surface area (TPSA) is 78.6 Å². The molecule has 5 nitrogen and oxygen atoms in total. The number of rotatable bonds is 0. The van der Waals surface area contributed by atoms with Crippen LogP contribution in [0.15, 0.2) is 33.5 Å². The summed E-state index contributed by atoms with van der Waals surface area (Å²) < 4.78 is 4.80. The lowest BCUT2D eigenvalue weighted by molar-refractivity contribution is 0.473. The molecular formula is C9H5N2O3+. The third-order valence-corrected chi connectivity index (χ3v) is 1.86. The molecule has 0 amide bonds. The molecule has 0 unspecified atom stereocenters. The maximum Gasteiger partial charge on any atom is 0.510 e. The van der Waals surface area contributed by atoms with Crippen molar-refractivity contribution < 1.29 is 9.52 Å². The van der Waals surface area contributed by atoms with Crippen LogP contribution >= 0.6 is 0 Å². The van der Waals surface area contributed by atoms with Crippen LogP contribution in [0.1, 0.15) is 0 Å². The fourth-order valence-electron chi connectivity index (χ4n) is 1.21. The quantitative estimate of drug-likeness (QED) is 0.507. The van der Waals surface area contributed by atoms with E-state index >= 15 is 0 Å². The molecule has 1 aromatic carbocycles. The van der Waals surface area contributed by atoms with Gasteiger partial charge in [-0.05, 0) is 12.1 Å². The van der Waals surface area contributed by atoms with Crippen molar-refractivity contribution in [2.45, 2.75) is 0 Å². The zero-order chi connectivity index (χ0) is 10.1. The normalized spacial score (nSPS) is 9.93. The standard InChI is InChI=1S/C9H4N2O3/c10-11-7-8(12)5-3-1-2-4-6(5)14-9(7)13/h1-4H/p+1. The lowest BCUT2D eigenvalue weighted by Gasteiger charge is -1.94. The molecule has 68 valence electrons. The van der Waals surface area contributed by atoms with E-state index in [9.17, 15) is 9.90 Å². The van der Waals surface area contributed by atoms with Gasteiger partial charge in [0.15, 0.2) is 4.98 Å². The average molecular weight is 189 g/mol. The molecule has 1 aromatic heterocycles. The van der Waals surface area contributed by atoms with Gasteiger partial charge in [-0.3, -0.25) is 0 Å². The van der Waals surface area contributed by atoms with Gasteiger partial charge in [0, 0.05) is 0 Å². The maximum atomic E-state index is 11.1. The van der Waals surface area contributed by atoms with Crippen molar-refractivity contribution in [2.75, 3.05) is 0 Å². The highest BCUT2D eigenvalue weighted by Crippen LogP contribution is 2.30. The summed E-state index contributed by atoms with van der Waals surface area (Å²) in [4.78, 5) is 13.8. The van der Waals surface area contributed by atoms with E-state index in [0.29, 0.717) is 5.39 Å². The molecule has 0 fully saturated rings. The second kappa shape index (κ2) is 2.85. The first-order chi connectivity index (χ1) is 6.74. The van der Waals surface area contributed by atoms with Crippen LogP contribution in [-0.2, 0) is 0 Å². The van der Waals surface area contributed by atoms with Crippen molar-refractivity contribution in [2.24, 2.45) is 0 Å². The minimum atomic E-state index is -0.872. The van der Waals surface area contributed by atoms with Crippen molar-refractivity contribution in [1.29, 1.82) is 5.39 Å². The van der Waals surface area contributed by atoms with Gasteiger partial charge in [0.05, 0.1) is 5.39 Å². The number of nitrogens with zero attached hydrogens (tertiary/aromatic N) is 2. The molecule has 0 saturated carbocycles. The third-order valence-electron chi connectivity index (χ3n) is 1.86. The van der Waals surface area contributed by atoms with Crippen molar-refractivity contribution in [1.82, 2.24) is 0 Å². The Morgan fingerprint density at radius 1 is 1.36 bits per heavy atom. The Labute approximate surface area is 77.8 Å². The first kappa shape index (κ1) is 8.26. The Kier molecular flexibility index (Phi) is 1.68. The predicted molar refractivity (Wildman–Crippen MR) is 48.9 cm³/mol. The Morgan fingerprint density at radius 3 is 2.79 bits per heavy atom. The Balaban J connectivity index is 3.02. The number of para-hydroxylation sites is 1. The lowest BCUT2D eigenvalue weighted by atomic mass is 10.2. The van der Waals surface area contributed by atoms with Crippen LogP contribution in [0.2, 0.25) is 0 Å². The van der Waals surface area contributed by atoms with Crippen molar-refractivity contribution in [3.8, 4) is 5.75 Å². The Morgan fingerprint density at radius 2 is 2.07 bits per heavy atom. The molecule has 1 heterocycles. The summed E-state index contributed by atoms with van der Waals surface area (Å²) in [6.07, 6.45) is 0. The van der Waals surface area contributed by atoms with Gasteiger partial charge in [0.2, 0.25) is 11.1 Å². The van der Waals surface area contributed by atoms with Gasteiger partial charge < -0.3 is 9.52 Å². The monoisotopic (exact) mass is 189 g/mol. The molecule has 2 rings (SSSR count). The molecule has 0 radical (unpaired) electrons. The minimum absolute atomic E-state index is 0.252. The molecule has 14 heavy (non-hydrogen) atoms. The second-order valence-corrected chi connectivity index (χ2v) is 2.68. The summed E-state index contributed by atoms with van der Waals surface area (Å²) in [6, 6.07) is 6.43. The van der Waals surface area contributed by atoms with Crippen LogP contribution in [0.5, 0.6) is 5.75 Å². The molecule has 0 aliphatic rings. The largest absolute Gasteiger partial charge is 0.510 e. The fourth-order valence-corrected chi connectivity index (χ4v) is 1.21. The van der Waals surface area contributed by atoms with Gasteiger partial charge in [-0.1, -0.05) is 12.1 Å². The van der Waals surface area contributed by atoms with Gasteiger partial charge in [-0.25, -0.2) is 4.79 Å². The number of hydrogen-bond donors (Lipinski definition) is 1. The number of hydrogen-bond acceptors (Lipinski definition) is 4. The molecule has 0 aliphatic heterocycles. The maximum absolute atomic E-state index is 11.1. The molecule has 1 N–H and O–H groups in total. The second-order valence-electron chi connectivity index (χ2n) is 2.68. The van der Waals surface area contributed by atoms with Crippen molar-refractivity contribution in [3.63, 3.8) is 0 Å². The number of benzene rings is 1. The Hall–Kier alpha value is -2.35. The molecule has 5 heteroatoms. The first-order valence-electron chi connectivity index (χ1n) is 3.84. The number of diazo groups is 1. The smallest absolute Gasteiger partial charge is 0.501 e. The van der Waals surface area contributed by atoms with Gasteiger partial charge in [-0.2, -0.15) is 0 Å². The first-order valence-corrected chi connectivity index (χ1v) is 3.84. The van der Waals surface area contributed by atoms with E-state index in [1.807, 2.05) is 0 Å². The number of fused-ring (bicyclic) bond motifs is 1. The van der Waals surface area contributed by atoms with Crippen molar-refractivity contribution >= 4 is 16.7 Å². The average Bonchev–Trinajstić information content (AvgIpc) is 2.18. The van der Waals surface area contributed by atoms with E-state index in [4.69, 9.17) is 9.81 Å². The highest BCUT2D eigenvalue weighted by Gasteiger charge is 2.24. The summed E-state index contributed by atoms with van der Waals surface area (Å²) in [6.45, 7) is 0.